The third kappa shape index (κ3) is 3.69. The molecular formula is C12H15ClN2O4S. The number of halogens is 1. The van der Waals surface area contributed by atoms with E-state index in [9.17, 15) is 13.2 Å². The molecule has 1 unspecified atom stereocenters. The van der Waals surface area contributed by atoms with Crippen LogP contribution in [0.15, 0.2) is 23.1 Å². The first-order valence-electron chi connectivity index (χ1n) is 6.09. The predicted molar refractivity (Wildman–Crippen MR) is 75.0 cm³/mol. The van der Waals surface area contributed by atoms with Crippen LogP contribution in [0.25, 0.3) is 0 Å². The van der Waals surface area contributed by atoms with Gasteiger partial charge in [-0.1, -0.05) is 11.6 Å². The molecule has 110 valence electrons. The number of nitrogens with two attached hydrogens (primary N) is 1. The molecule has 1 aliphatic heterocycles. The van der Waals surface area contributed by atoms with Crippen LogP contribution in [0.1, 0.15) is 12.8 Å². The molecule has 1 aromatic rings. The van der Waals surface area contributed by atoms with Gasteiger partial charge in [0.2, 0.25) is 15.9 Å². The average Bonchev–Trinajstić information content (AvgIpc) is 2.41. The van der Waals surface area contributed by atoms with E-state index in [-0.39, 0.29) is 21.7 Å². The molecule has 0 bridgehead atoms. The number of rotatable bonds is 3. The zero-order chi connectivity index (χ0) is 14.8. The summed E-state index contributed by atoms with van der Waals surface area (Å²) in [5.41, 5.74) is 0.356. The number of carbonyl (C=O) groups excluding carboxylic acids is 1. The van der Waals surface area contributed by atoms with Gasteiger partial charge in [-0.3, -0.25) is 4.79 Å². The molecule has 3 N–H and O–H groups in total. The Morgan fingerprint density at radius 3 is 2.75 bits per heavy atom. The molecule has 2 rings (SSSR count). The number of amides is 1. The molecule has 1 atom stereocenters. The summed E-state index contributed by atoms with van der Waals surface area (Å²) in [6.45, 7) is 1.06. The summed E-state index contributed by atoms with van der Waals surface area (Å²) in [6, 6.07) is 3.93. The molecule has 1 fully saturated rings. The molecule has 6 nitrogen and oxygen atoms in total. The summed E-state index contributed by atoms with van der Waals surface area (Å²) < 4.78 is 27.6. The Balaban J connectivity index is 2.11. The molecule has 0 spiro atoms. The molecule has 1 aromatic carbocycles. The van der Waals surface area contributed by atoms with E-state index in [1.54, 1.807) is 0 Å². The zero-order valence-corrected chi connectivity index (χ0v) is 12.2. The fourth-order valence-corrected chi connectivity index (χ4v) is 2.79. The van der Waals surface area contributed by atoms with Crippen molar-refractivity contribution in [2.24, 2.45) is 11.1 Å². The van der Waals surface area contributed by atoms with Gasteiger partial charge in [-0.25, -0.2) is 13.6 Å². The highest BCUT2D eigenvalue weighted by Crippen LogP contribution is 2.26. The number of carbonyl (C=O) groups is 1. The minimum atomic E-state index is -3.81. The van der Waals surface area contributed by atoms with Crippen LogP contribution in [-0.2, 0) is 19.6 Å². The summed E-state index contributed by atoms with van der Waals surface area (Å²) in [4.78, 5) is 11.9. The van der Waals surface area contributed by atoms with Gasteiger partial charge in [-0.2, -0.15) is 0 Å². The van der Waals surface area contributed by atoms with Gasteiger partial charge in [-0.05, 0) is 31.0 Å². The number of hydrogen-bond donors (Lipinski definition) is 2. The molecule has 1 saturated heterocycles. The molecule has 1 amide bonds. The topological polar surface area (TPSA) is 98.5 Å². The first kappa shape index (κ1) is 15.2. The van der Waals surface area contributed by atoms with Gasteiger partial charge in [0.25, 0.3) is 0 Å². The molecule has 1 aliphatic rings. The Labute approximate surface area is 122 Å². The van der Waals surface area contributed by atoms with E-state index in [0.29, 0.717) is 18.9 Å². The van der Waals surface area contributed by atoms with E-state index in [4.69, 9.17) is 21.5 Å². The van der Waals surface area contributed by atoms with Crippen molar-refractivity contribution in [2.75, 3.05) is 18.5 Å². The van der Waals surface area contributed by atoms with E-state index < -0.39 is 10.0 Å². The zero-order valence-electron chi connectivity index (χ0n) is 10.6. The van der Waals surface area contributed by atoms with Crippen molar-refractivity contribution < 1.29 is 17.9 Å². The summed E-state index contributed by atoms with van der Waals surface area (Å²) in [5.74, 6) is -0.396. The van der Waals surface area contributed by atoms with Crippen LogP contribution in [-0.4, -0.2) is 27.5 Å². The summed E-state index contributed by atoms with van der Waals surface area (Å²) >= 11 is 5.95. The molecule has 8 heteroatoms. The first-order valence-corrected chi connectivity index (χ1v) is 8.01. The van der Waals surface area contributed by atoms with Crippen LogP contribution < -0.4 is 10.5 Å². The molecule has 20 heavy (non-hydrogen) atoms. The van der Waals surface area contributed by atoms with Gasteiger partial charge >= 0.3 is 0 Å². The van der Waals surface area contributed by atoms with Crippen molar-refractivity contribution in [3.8, 4) is 0 Å². The highest BCUT2D eigenvalue weighted by atomic mass is 35.5. The maximum Gasteiger partial charge on any atom is 0.238 e. The lowest BCUT2D eigenvalue weighted by Gasteiger charge is -2.21. The van der Waals surface area contributed by atoms with Gasteiger partial charge in [0, 0.05) is 6.61 Å². The van der Waals surface area contributed by atoms with Crippen LogP contribution in [0, 0.1) is 5.92 Å². The number of ether oxygens (including phenoxy) is 1. The van der Waals surface area contributed by atoms with Gasteiger partial charge in [-0.15, -0.1) is 0 Å². The van der Waals surface area contributed by atoms with Crippen molar-refractivity contribution >= 4 is 33.2 Å². The standard InChI is InChI=1S/C12H15ClN2O4S/c13-10-6-9(20(14,17)18)3-4-11(10)15-12(16)8-2-1-5-19-7-8/h3-4,6,8H,1-2,5,7H2,(H,15,16)(H2,14,17,18). The van der Waals surface area contributed by atoms with Crippen LogP contribution >= 0.6 is 11.6 Å². The average molecular weight is 319 g/mol. The van der Waals surface area contributed by atoms with Gasteiger partial charge in [0.1, 0.15) is 0 Å². The van der Waals surface area contributed by atoms with E-state index in [0.717, 1.165) is 12.8 Å². The third-order valence-electron chi connectivity index (χ3n) is 3.06. The number of anilines is 1. The summed E-state index contributed by atoms with van der Waals surface area (Å²) in [6.07, 6.45) is 1.61. The number of nitrogens with one attached hydrogen (secondary N) is 1. The van der Waals surface area contributed by atoms with Gasteiger partial charge in [0.05, 0.1) is 28.1 Å². The smallest absolute Gasteiger partial charge is 0.238 e. The second kappa shape index (κ2) is 6.09. The van der Waals surface area contributed by atoms with Crippen molar-refractivity contribution in [1.82, 2.24) is 0 Å². The Hall–Kier alpha value is -1.15. The lowest BCUT2D eigenvalue weighted by molar-refractivity contribution is -0.123. The monoisotopic (exact) mass is 318 g/mol. The normalized spacial score (nSPS) is 19.6. The number of primary sulfonamides is 1. The quantitative estimate of drug-likeness (QED) is 0.878. The fourth-order valence-electron chi connectivity index (χ4n) is 1.96. The minimum absolute atomic E-state index is 0.0958. The molecule has 1 heterocycles. The van der Waals surface area contributed by atoms with Crippen molar-refractivity contribution in [3.05, 3.63) is 23.2 Å². The third-order valence-corrected chi connectivity index (χ3v) is 4.28. The lowest BCUT2D eigenvalue weighted by atomic mass is 10.0. The van der Waals surface area contributed by atoms with Crippen LogP contribution in [0.4, 0.5) is 5.69 Å². The number of sulfonamides is 1. The number of benzene rings is 1. The van der Waals surface area contributed by atoms with Crippen LogP contribution in [0.2, 0.25) is 5.02 Å². The van der Waals surface area contributed by atoms with Gasteiger partial charge in [0.15, 0.2) is 0 Å². The van der Waals surface area contributed by atoms with Gasteiger partial charge < -0.3 is 10.1 Å². The Kier molecular flexibility index (Phi) is 4.64. The minimum Gasteiger partial charge on any atom is -0.381 e. The van der Waals surface area contributed by atoms with Crippen molar-refractivity contribution in [2.45, 2.75) is 17.7 Å². The number of hydrogen-bond acceptors (Lipinski definition) is 4. The van der Waals surface area contributed by atoms with E-state index in [1.165, 1.54) is 18.2 Å². The van der Waals surface area contributed by atoms with Crippen molar-refractivity contribution in [1.29, 1.82) is 0 Å². The molecule has 0 radical (unpaired) electrons. The Morgan fingerprint density at radius 2 is 2.20 bits per heavy atom. The highest BCUT2D eigenvalue weighted by Gasteiger charge is 2.22. The van der Waals surface area contributed by atoms with E-state index in [1.807, 2.05) is 0 Å². The summed E-state index contributed by atoms with van der Waals surface area (Å²) in [7, 11) is -3.81. The van der Waals surface area contributed by atoms with E-state index in [2.05, 4.69) is 5.32 Å². The van der Waals surface area contributed by atoms with Crippen LogP contribution in [0.5, 0.6) is 0 Å². The fraction of sp³-hybridized carbons (Fsp3) is 0.417. The molecular weight excluding hydrogens is 304 g/mol. The van der Waals surface area contributed by atoms with Crippen LogP contribution in [0.3, 0.4) is 0 Å². The summed E-state index contributed by atoms with van der Waals surface area (Å²) in [5, 5.41) is 7.80. The Bertz CT molecular complexity index is 612. The lowest BCUT2D eigenvalue weighted by Crippen LogP contribution is -2.30. The second-order valence-electron chi connectivity index (χ2n) is 4.59. The second-order valence-corrected chi connectivity index (χ2v) is 6.56. The van der Waals surface area contributed by atoms with E-state index >= 15 is 0 Å². The predicted octanol–water partition coefficient (Wildman–Crippen LogP) is 1.35. The largest absolute Gasteiger partial charge is 0.381 e. The molecule has 0 aromatic heterocycles. The highest BCUT2D eigenvalue weighted by molar-refractivity contribution is 7.89. The molecule has 0 saturated carbocycles. The maximum atomic E-state index is 12.0. The SMILES string of the molecule is NS(=O)(=O)c1ccc(NC(=O)C2CCCOC2)c(Cl)c1. The Morgan fingerprint density at radius 1 is 1.45 bits per heavy atom. The maximum absolute atomic E-state index is 12.0. The molecule has 0 aliphatic carbocycles. The van der Waals surface area contributed by atoms with Crippen molar-refractivity contribution in [3.63, 3.8) is 0 Å². The first-order chi connectivity index (χ1) is 9.38.